The number of oxazole rings is 1. The number of alkyl halides is 3. The van der Waals surface area contributed by atoms with Crippen LogP contribution in [0.5, 0.6) is 0 Å². The van der Waals surface area contributed by atoms with E-state index in [9.17, 15) is 18.0 Å². The van der Waals surface area contributed by atoms with Crippen molar-refractivity contribution in [1.82, 2.24) is 9.88 Å². The minimum absolute atomic E-state index is 0.0334. The van der Waals surface area contributed by atoms with Crippen LogP contribution < -0.4 is 22.1 Å². The van der Waals surface area contributed by atoms with Crippen molar-refractivity contribution in [2.45, 2.75) is 52.4 Å². The zero-order valence-corrected chi connectivity index (χ0v) is 22.9. The number of halogens is 3. The van der Waals surface area contributed by atoms with Gasteiger partial charge in [0.15, 0.2) is 5.11 Å². The van der Waals surface area contributed by atoms with Gasteiger partial charge in [0.2, 0.25) is 0 Å². The lowest BCUT2D eigenvalue weighted by atomic mass is 9.87. The van der Waals surface area contributed by atoms with E-state index in [2.05, 4.69) is 10.6 Å². The number of hydrogen-bond acceptors (Lipinski definition) is 6. The molecule has 1 aromatic heterocycles. The first kappa shape index (κ1) is 29.8. The van der Waals surface area contributed by atoms with Gasteiger partial charge in [-0.1, -0.05) is 24.3 Å². The number of anilines is 2. The SMILES string of the molecule is CC(C)(C)C(=O)OCCC(C)(NC(=S)Nc1cccc(Cn2ccoc2=N)c1N)c1cccc(C(F)(F)F)c1. The third-order valence-corrected chi connectivity index (χ3v) is 6.33. The van der Waals surface area contributed by atoms with E-state index in [0.717, 1.165) is 12.1 Å². The highest BCUT2D eigenvalue weighted by atomic mass is 32.1. The van der Waals surface area contributed by atoms with E-state index in [-0.39, 0.29) is 30.4 Å². The van der Waals surface area contributed by atoms with Crippen LogP contribution in [-0.2, 0) is 27.8 Å². The fourth-order valence-corrected chi connectivity index (χ4v) is 4.09. The molecule has 1 heterocycles. The Morgan fingerprint density at radius 1 is 1.13 bits per heavy atom. The normalized spacial score (nSPS) is 13.4. The van der Waals surface area contributed by atoms with Crippen LogP contribution in [0.4, 0.5) is 24.5 Å². The number of hydrogen-bond donors (Lipinski definition) is 4. The second-order valence-electron chi connectivity index (χ2n) is 10.3. The molecule has 8 nitrogen and oxygen atoms in total. The summed E-state index contributed by atoms with van der Waals surface area (Å²) in [5, 5.41) is 14.0. The highest BCUT2D eigenvalue weighted by molar-refractivity contribution is 7.80. The number of thiocarbonyl (C=S) groups is 1. The first-order chi connectivity index (χ1) is 18.1. The van der Waals surface area contributed by atoms with Crippen LogP contribution in [0.1, 0.15) is 50.8 Å². The molecule has 210 valence electrons. The summed E-state index contributed by atoms with van der Waals surface area (Å²) < 4.78 is 52.4. The Balaban J connectivity index is 1.84. The van der Waals surface area contributed by atoms with E-state index < -0.39 is 28.7 Å². The van der Waals surface area contributed by atoms with Crippen molar-refractivity contribution < 1.29 is 27.1 Å². The van der Waals surface area contributed by atoms with E-state index in [1.165, 1.54) is 12.3 Å². The van der Waals surface area contributed by atoms with Gasteiger partial charge >= 0.3 is 12.1 Å². The number of nitrogens with one attached hydrogen (secondary N) is 3. The molecule has 0 spiro atoms. The number of rotatable bonds is 8. The molecule has 0 saturated carbocycles. The van der Waals surface area contributed by atoms with Gasteiger partial charge in [0, 0.05) is 12.6 Å². The quantitative estimate of drug-likeness (QED) is 0.165. The summed E-state index contributed by atoms with van der Waals surface area (Å²) in [4.78, 5) is 12.3. The molecule has 2 aromatic carbocycles. The Bertz CT molecular complexity index is 1390. The summed E-state index contributed by atoms with van der Waals surface area (Å²) in [6.07, 6.45) is -1.39. The van der Waals surface area contributed by atoms with Gasteiger partial charge < -0.3 is 25.5 Å². The summed E-state index contributed by atoms with van der Waals surface area (Å²) in [5.74, 6) is -0.425. The zero-order chi connectivity index (χ0) is 29.0. The van der Waals surface area contributed by atoms with Crippen molar-refractivity contribution in [3.63, 3.8) is 0 Å². The second kappa shape index (κ2) is 11.5. The number of nitrogen functional groups attached to an aromatic ring is 1. The van der Waals surface area contributed by atoms with Gasteiger partial charge in [-0.25, -0.2) is 0 Å². The lowest BCUT2D eigenvalue weighted by Gasteiger charge is -2.33. The van der Waals surface area contributed by atoms with Crippen molar-refractivity contribution in [1.29, 1.82) is 5.41 Å². The molecule has 12 heteroatoms. The summed E-state index contributed by atoms with van der Waals surface area (Å²) >= 11 is 5.53. The summed E-state index contributed by atoms with van der Waals surface area (Å²) in [5.41, 5.74) is 5.54. The largest absolute Gasteiger partial charge is 0.465 e. The minimum atomic E-state index is -4.53. The van der Waals surface area contributed by atoms with Crippen molar-refractivity contribution in [2.75, 3.05) is 17.7 Å². The average Bonchev–Trinajstić information content (AvgIpc) is 3.24. The van der Waals surface area contributed by atoms with Crippen LogP contribution in [0, 0.1) is 10.8 Å². The average molecular weight is 564 g/mol. The molecule has 5 N–H and O–H groups in total. The number of carbonyl (C=O) groups is 1. The van der Waals surface area contributed by atoms with Crippen molar-refractivity contribution in [3.8, 4) is 0 Å². The number of nitrogens with two attached hydrogens (primary N) is 1. The molecular weight excluding hydrogens is 531 g/mol. The maximum Gasteiger partial charge on any atom is 0.416 e. The van der Waals surface area contributed by atoms with Gasteiger partial charge in [-0.05, 0) is 69.2 Å². The topological polar surface area (TPSA) is 118 Å². The van der Waals surface area contributed by atoms with Gasteiger partial charge in [-0.3, -0.25) is 14.8 Å². The Morgan fingerprint density at radius 2 is 1.79 bits per heavy atom. The summed E-state index contributed by atoms with van der Waals surface area (Å²) in [7, 11) is 0. The van der Waals surface area contributed by atoms with Crippen molar-refractivity contribution in [3.05, 3.63) is 77.3 Å². The number of nitrogens with zero attached hydrogens (tertiary/aromatic N) is 1. The van der Waals surface area contributed by atoms with E-state index in [4.69, 9.17) is 32.5 Å². The Kier molecular flexibility index (Phi) is 8.79. The van der Waals surface area contributed by atoms with E-state index >= 15 is 0 Å². The molecular formula is C27H32F3N5O3S. The van der Waals surface area contributed by atoms with Gasteiger partial charge in [-0.15, -0.1) is 0 Å². The molecule has 0 saturated heterocycles. The van der Waals surface area contributed by atoms with Gasteiger partial charge in [0.25, 0.3) is 5.68 Å². The van der Waals surface area contributed by atoms with Crippen molar-refractivity contribution in [2.24, 2.45) is 5.41 Å². The van der Waals surface area contributed by atoms with Crippen LogP contribution in [0.2, 0.25) is 0 Å². The van der Waals surface area contributed by atoms with Gasteiger partial charge in [0.05, 0.1) is 41.0 Å². The first-order valence-corrected chi connectivity index (χ1v) is 12.5. The zero-order valence-electron chi connectivity index (χ0n) is 22.1. The van der Waals surface area contributed by atoms with Crippen LogP contribution in [0.3, 0.4) is 0 Å². The molecule has 39 heavy (non-hydrogen) atoms. The molecule has 3 rings (SSSR count). The Labute approximate surface area is 229 Å². The molecule has 0 aliphatic heterocycles. The molecule has 0 aliphatic carbocycles. The lowest BCUT2D eigenvalue weighted by molar-refractivity contribution is -0.153. The predicted octanol–water partition coefficient (Wildman–Crippen LogP) is 5.39. The van der Waals surface area contributed by atoms with E-state index in [1.807, 2.05) is 0 Å². The lowest BCUT2D eigenvalue weighted by Crippen LogP contribution is -2.46. The maximum atomic E-state index is 13.5. The van der Waals surface area contributed by atoms with E-state index in [0.29, 0.717) is 22.5 Å². The Hall–Kier alpha value is -3.80. The number of esters is 1. The first-order valence-electron chi connectivity index (χ1n) is 12.1. The number of para-hydroxylation sites is 1. The third-order valence-electron chi connectivity index (χ3n) is 6.13. The molecule has 0 amide bonds. The molecule has 3 aromatic rings. The van der Waals surface area contributed by atoms with Gasteiger partial charge in [0.1, 0.15) is 6.26 Å². The number of benzene rings is 2. The fraction of sp³-hybridized carbons (Fsp3) is 0.370. The number of carbonyl (C=O) groups excluding carboxylic acids is 1. The highest BCUT2D eigenvalue weighted by Crippen LogP contribution is 2.34. The summed E-state index contributed by atoms with van der Waals surface area (Å²) in [6, 6.07) is 10.2. The van der Waals surface area contributed by atoms with Crippen LogP contribution in [-0.4, -0.2) is 22.3 Å². The molecule has 0 bridgehead atoms. The van der Waals surface area contributed by atoms with E-state index in [1.54, 1.807) is 62.7 Å². The van der Waals surface area contributed by atoms with Gasteiger partial charge in [-0.2, -0.15) is 13.2 Å². The molecule has 0 aliphatic rings. The minimum Gasteiger partial charge on any atom is -0.465 e. The third kappa shape index (κ3) is 7.62. The monoisotopic (exact) mass is 563 g/mol. The van der Waals surface area contributed by atoms with Crippen LogP contribution >= 0.6 is 12.2 Å². The summed E-state index contributed by atoms with van der Waals surface area (Å²) in [6.45, 7) is 7.07. The predicted molar refractivity (Wildman–Crippen MR) is 146 cm³/mol. The van der Waals surface area contributed by atoms with Crippen molar-refractivity contribution >= 4 is 34.7 Å². The Morgan fingerprint density at radius 3 is 2.41 bits per heavy atom. The highest BCUT2D eigenvalue weighted by Gasteiger charge is 2.34. The number of ether oxygens (including phenoxy) is 1. The molecule has 0 radical (unpaired) electrons. The second-order valence-corrected chi connectivity index (χ2v) is 10.7. The molecule has 1 unspecified atom stereocenters. The molecule has 0 fully saturated rings. The van der Waals surface area contributed by atoms with Crippen LogP contribution in [0.15, 0.2) is 59.3 Å². The standard InChI is InChI=1S/C27H32F3N5O3S/c1-25(2,3)22(36)37-13-11-26(4,18-8-6-9-19(15-18)27(28,29)30)34-24(39)33-20-10-5-7-17(21(20)31)16-35-12-14-38-23(35)32/h5-10,12,14-15,32H,11,13,16,31H2,1-4H3,(H2,33,34,39). The number of aromatic nitrogens is 1. The maximum absolute atomic E-state index is 13.5. The smallest absolute Gasteiger partial charge is 0.416 e. The fourth-order valence-electron chi connectivity index (χ4n) is 3.76. The molecule has 1 atom stereocenters. The van der Waals surface area contributed by atoms with Crippen LogP contribution in [0.25, 0.3) is 0 Å².